The number of aromatic nitrogens is 1. The number of likely N-dealkylation sites (tertiary alicyclic amines) is 1. The first-order valence-electron chi connectivity index (χ1n) is 11.7. The standard InChI is InChI=1S/C26H33N3O4/c1-4-7-18-33-21-10-8-20(9-11-21)24(30)22-23(19-12-14-27-15-13-19)29(26(32)25(22)31)17-16-28(5-2)6-3/h8-15,23,30H,4-7,16-18H2,1-3H3/b24-22-. The number of benzene rings is 1. The summed E-state index contributed by atoms with van der Waals surface area (Å²) in [4.78, 5) is 33.9. The molecule has 176 valence electrons. The number of carbonyl (C=O) groups is 2. The number of ether oxygens (including phenoxy) is 1. The molecule has 7 nitrogen and oxygen atoms in total. The van der Waals surface area contributed by atoms with E-state index in [1.807, 2.05) is 0 Å². The summed E-state index contributed by atoms with van der Waals surface area (Å²) in [7, 11) is 0. The zero-order chi connectivity index (χ0) is 23.8. The van der Waals surface area contributed by atoms with Gasteiger partial charge in [-0.2, -0.15) is 0 Å². The summed E-state index contributed by atoms with van der Waals surface area (Å²) in [6.07, 6.45) is 5.26. The van der Waals surface area contributed by atoms with Gasteiger partial charge < -0.3 is 19.6 Å². The molecule has 3 rings (SSSR count). The van der Waals surface area contributed by atoms with Crippen LogP contribution in [0.4, 0.5) is 0 Å². The molecular formula is C26H33N3O4. The van der Waals surface area contributed by atoms with E-state index in [1.165, 1.54) is 0 Å². The third kappa shape index (κ3) is 5.60. The van der Waals surface area contributed by atoms with Crippen LogP contribution in [0.1, 0.15) is 50.8 Å². The van der Waals surface area contributed by atoms with Crippen molar-refractivity contribution in [2.24, 2.45) is 0 Å². The first kappa shape index (κ1) is 24.5. The van der Waals surface area contributed by atoms with Crippen LogP contribution in [0.3, 0.4) is 0 Å². The molecule has 0 saturated carbocycles. The highest BCUT2D eigenvalue weighted by atomic mass is 16.5. The van der Waals surface area contributed by atoms with Crippen LogP contribution in [0.5, 0.6) is 5.75 Å². The minimum absolute atomic E-state index is 0.102. The van der Waals surface area contributed by atoms with Crippen molar-refractivity contribution in [2.75, 3.05) is 32.8 Å². The van der Waals surface area contributed by atoms with E-state index >= 15 is 0 Å². The lowest BCUT2D eigenvalue weighted by atomic mass is 9.96. The molecule has 1 N–H and O–H groups in total. The van der Waals surface area contributed by atoms with Crippen LogP contribution in [0.25, 0.3) is 5.76 Å². The molecule has 1 aromatic carbocycles. The van der Waals surface area contributed by atoms with Crippen LogP contribution < -0.4 is 4.74 Å². The molecule has 33 heavy (non-hydrogen) atoms. The molecule has 1 unspecified atom stereocenters. The number of aliphatic hydroxyl groups excluding tert-OH is 1. The zero-order valence-electron chi connectivity index (χ0n) is 19.7. The summed E-state index contributed by atoms with van der Waals surface area (Å²) >= 11 is 0. The molecule has 1 fully saturated rings. The van der Waals surface area contributed by atoms with Crippen LogP contribution in [0, 0.1) is 0 Å². The molecule has 1 aliphatic rings. The van der Waals surface area contributed by atoms with Crippen molar-refractivity contribution < 1.29 is 19.4 Å². The van der Waals surface area contributed by atoms with Crippen LogP contribution in [-0.2, 0) is 9.59 Å². The number of Topliss-reactive ketones (excluding diaryl/α,β-unsaturated/α-hetero) is 1. The third-order valence-corrected chi connectivity index (χ3v) is 6.01. The van der Waals surface area contributed by atoms with E-state index in [0.717, 1.165) is 31.5 Å². The molecule has 0 bridgehead atoms. The van der Waals surface area contributed by atoms with Crippen molar-refractivity contribution in [2.45, 2.75) is 39.7 Å². The quantitative estimate of drug-likeness (QED) is 0.240. The molecule has 1 saturated heterocycles. The maximum Gasteiger partial charge on any atom is 0.295 e. The fraction of sp³-hybridized carbons (Fsp3) is 0.423. The summed E-state index contributed by atoms with van der Waals surface area (Å²) in [5.41, 5.74) is 1.31. The largest absolute Gasteiger partial charge is 0.507 e. The topological polar surface area (TPSA) is 83.0 Å². The van der Waals surface area contributed by atoms with Crippen molar-refractivity contribution in [3.05, 3.63) is 65.5 Å². The van der Waals surface area contributed by atoms with Crippen molar-refractivity contribution in [3.63, 3.8) is 0 Å². The molecule has 1 atom stereocenters. The van der Waals surface area contributed by atoms with Crippen LogP contribution in [-0.4, -0.2) is 64.4 Å². The second-order valence-corrected chi connectivity index (χ2v) is 8.03. The third-order valence-electron chi connectivity index (χ3n) is 6.01. The number of ketones is 1. The van der Waals surface area contributed by atoms with Gasteiger partial charge in [0.1, 0.15) is 11.5 Å². The second-order valence-electron chi connectivity index (χ2n) is 8.03. The van der Waals surface area contributed by atoms with Gasteiger partial charge in [0.15, 0.2) is 0 Å². The number of amides is 1. The van der Waals surface area contributed by atoms with Gasteiger partial charge in [-0.3, -0.25) is 14.6 Å². The maximum atomic E-state index is 13.1. The molecule has 2 aromatic rings. The molecule has 1 aliphatic heterocycles. The zero-order valence-corrected chi connectivity index (χ0v) is 19.7. The monoisotopic (exact) mass is 451 g/mol. The normalized spacial score (nSPS) is 17.7. The van der Waals surface area contributed by atoms with E-state index in [-0.39, 0.29) is 11.3 Å². The van der Waals surface area contributed by atoms with E-state index < -0.39 is 17.7 Å². The fourth-order valence-corrected chi connectivity index (χ4v) is 3.99. The predicted molar refractivity (Wildman–Crippen MR) is 128 cm³/mol. The SMILES string of the molecule is CCCCOc1ccc(/C(O)=C2/C(=O)C(=O)N(CCN(CC)CC)C2c2ccncc2)cc1. The van der Waals surface area contributed by atoms with E-state index in [0.29, 0.717) is 31.0 Å². The minimum Gasteiger partial charge on any atom is -0.507 e. The van der Waals surface area contributed by atoms with Crippen LogP contribution in [0.2, 0.25) is 0 Å². The van der Waals surface area contributed by atoms with Gasteiger partial charge >= 0.3 is 0 Å². The number of carbonyl (C=O) groups excluding carboxylic acids is 2. The Kier molecular flexibility index (Phi) is 8.60. The van der Waals surface area contributed by atoms with Gasteiger partial charge in [0.2, 0.25) is 0 Å². The highest BCUT2D eigenvalue weighted by Gasteiger charge is 2.45. The number of hydrogen-bond acceptors (Lipinski definition) is 6. The molecular weight excluding hydrogens is 418 g/mol. The molecule has 0 aliphatic carbocycles. The van der Waals surface area contributed by atoms with Gasteiger partial charge in [0, 0.05) is 31.0 Å². The van der Waals surface area contributed by atoms with Crippen LogP contribution in [0.15, 0.2) is 54.4 Å². The lowest BCUT2D eigenvalue weighted by molar-refractivity contribution is -0.140. The summed E-state index contributed by atoms with van der Waals surface area (Å²) in [6.45, 7) is 9.59. The van der Waals surface area contributed by atoms with Gasteiger partial charge in [-0.25, -0.2) is 0 Å². The first-order valence-corrected chi connectivity index (χ1v) is 11.7. The first-order chi connectivity index (χ1) is 16.0. The van der Waals surface area contributed by atoms with Gasteiger partial charge in [-0.05, 0) is 61.5 Å². The lowest BCUT2D eigenvalue weighted by Crippen LogP contribution is -2.38. The Bertz CT molecular complexity index is 969. The second kappa shape index (κ2) is 11.6. The smallest absolute Gasteiger partial charge is 0.295 e. The molecule has 0 spiro atoms. The summed E-state index contributed by atoms with van der Waals surface area (Å²) in [6, 6.07) is 9.85. The number of hydrogen-bond donors (Lipinski definition) is 1. The van der Waals surface area contributed by atoms with E-state index in [4.69, 9.17) is 4.74 Å². The summed E-state index contributed by atoms with van der Waals surface area (Å²) in [5, 5.41) is 11.1. The Morgan fingerprint density at radius 1 is 1.06 bits per heavy atom. The molecule has 7 heteroatoms. The van der Waals surface area contributed by atoms with Gasteiger partial charge in [-0.15, -0.1) is 0 Å². The lowest BCUT2D eigenvalue weighted by Gasteiger charge is -2.28. The van der Waals surface area contributed by atoms with Gasteiger partial charge in [0.25, 0.3) is 11.7 Å². The summed E-state index contributed by atoms with van der Waals surface area (Å²) < 4.78 is 5.69. The number of aliphatic hydroxyl groups is 1. The minimum atomic E-state index is -0.669. The maximum absolute atomic E-state index is 13.1. The molecule has 0 radical (unpaired) electrons. The number of rotatable bonds is 11. The van der Waals surface area contributed by atoms with Crippen molar-refractivity contribution in [1.82, 2.24) is 14.8 Å². The Morgan fingerprint density at radius 3 is 2.33 bits per heavy atom. The van der Waals surface area contributed by atoms with Crippen molar-refractivity contribution in [3.8, 4) is 5.75 Å². The van der Waals surface area contributed by atoms with E-state index in [9.17, 15) is 14.7 Å². The predicted octanol–water partition coefficient (Wildman–Crippen LogP) is 4.02. The number of nitrogens with zero attached hydrogens (tertiary/aromatic N) is 3. The highest BCUT2D eigenvalue weighted by Crippen LogP contribution is 2.39. The van der Waals surface area contributed by atoms with Crippen molar-refractivity contribution in [1.29, 1.82) is 0 Å². The Morgan fingerprint density at radius 2 is 1.73 bits per heavy atom. The van der Waals surface area contributed by atoms with Crippen LogP contribution >= 0.6 is 0 Å². The van der Waals surface area contributed by atoms with E-state index in [1.54, 1.807) is 53.7 Å². The number of pyridine rings is 1. The fourth-order valence-electron chi connectivity index (χ4n) is 3.99. The van der Waals surface area contributed by atoms with E-state index in [2.05, 4.69) is 30.7 Å². The average molecular weight is 452 g/mol. The number of likely N-dealkylation sites (N-methyl/N-ethyl adjacent to an activating group) is 1. The Hall–Kier alpha value is -3.19. The highest BCUT2D eigenvalue weighted by molar-refractivity contribution is 6.46. The van der Waals surface area contributed by atoms with Crippen molar-refractivity contribution >= 4 is 17.4 Å². The molecule has 2 heterocycles. The molecule has 1 amide bonds. The number of unbranched alkanes of at least 4 members (excludes halogenated alkanes) is 1. The van der Waals surface area contributed by atoms with Gasteiger partial charge in [-0.1, -0.05) is 27.2 Å². The summed E-state index contributed by atoms with van der Waals surface area (Å²) in [5.74, 6) is -0.742. The Balaban J connectivity index is 1.96. The van der Waals surface area contributed by atoms with Gasteiger partial charge in [0.05, 0.1) is 18.2 Å². The average Bonchev–Trinajstić information content (AvgIpc) is 3.10. The molecule has 1 aromatic heterocycles. The Labute approximate surface area is 195 Å².